The molecule has 0 saturated carbocycles. The quantitative estimate of drug-likeness (QED) is 0.558. The molecule has 0 radical (unpaired) electrons. The Balaban J connectivity index is 1.92. The zero-order chi connectivity index (χ0) is 21.4. The third-order valence-corrected chi connectivity index (χ3v) is 4.80. The lowest BCUT2D eigenvalue weighted by Gasteiger charge is -2.18. The van der Waals surface area contributed by atoms with Crippen LogP contribution in [-0.4, -0.2) is 17.7 Å². The highest BCUT2D eigenvalue weighted by molar-refractivity contribution is 9.10. The Kier molecular flexibility index (Phi) is 8.39. The molecular weight excluding hydrogens is 434 g/mol. The van der Waals surface area contributed by atoms with Crippen molar-refractivity contribution in [3.63, 3.8) is 0 Å². The zero-order valence-electron chi connectivity index (χ0n) is 16.8. The SMILES string of the molecule is CC(=O)NC(CC(=O)NCc1ccc(NC(=O)C(C)C)cc1)c1ccc(Br)cc1. The Labute approximate surface area is 179 Å². The lowest BCUT2D eigenvalue weighted by atomic mass is 10.0. The predicted octanol–water partition coefficient (Wildman–Crippen LogP) is 3.93. The number of hydrogen-bond acceptors (Lipinski definition) is 3. The monoisotopic (exact) mass is 459 g/mol. The molecule has 1 unspecified atom stereocenters. The van der Waals surface area contributed by atoms with Gasteiger partial charge in [-0.1, -0.05) is 54.0 Å². The van der Waals surface area contributed by atoms with Gasteiger partial charge in [-0.25, -0.2) is 0 Å². The number of rotatable bonds is 8. The predicted molar refractivity (Wildman–Crippen MR) is 117 cm³/mol. The molecule has 0 saturated heterocycles. The molecule has 0 aliphatic heterocycles. The average Bonchev–Trinajstić information content (AvgIpc) is 2.67. The third kappa shape index (κ3) is 7.69. The van der Waals surface area contributed by atoms with Crippen molar-refractivity contribution in [2.45, 2.75) is 39.8 Å². The van der Waals surface area contributed by atoms with E-state index in [1.807, 2.05) is 62.4 Å². The van der Waals surface area contributed by atoms with Crippen molar-refractivity contribution in [2.75, 3.05) is 5.32 Å². The van der Waals surface area contributed by atoms with Gasteiger partial charge in [0.1, 0.15) is 0 Å². The Morgan fingerprint density at radius 1 is 0.966 bits per heavy atom. The van der Waals surface area contributed by atoms with Gasteiger partial charge in [0.15, 0.2) is 0 Å². The van der Waals surface area contributed by atoms with Crippen LogP contribution in [-0.2, 0) is 20.9 Å². The Hall–Kier alpha value is -2.67. The molecule has 1 atom stereocenters. The van der Waals surface area contributed by atoms with Gasteiger partial charge in [-0.05, 0) is 35.4 Å². The summed E-state index contributed by atoms with van der Waals surface area (Å²) in [5.41, 5.74) is 2.50. The molecule has 0 bridgehead atoms. The highest BCUT2D eigenvalue weighted by atomic mass is 79.9. The largest absolute Gasteiger partial charge is 0.352 e. The zero-order valence-corrected chi connectivity index (χ0v) is 18.4. The minimum Gasteiger partial charge on any atom is -0.352 e. The summed E-state index contributed by atoms with van der Waals surface area (Å²) in [5, 5.41) is 8.53. The first-order valence-corrected chi connectivity index (χ1v) is 10.2. The van der Waals surface area contributed by atoms with Crippen LogP contribution in [0.4, 0.5) is 5.69 Å². The van der Waals surface area contributed by atoms with Crippen LogP contribution in [0.2, 0.25) is 0 Å². The van der Waals surface area contributed by atoms with Crippen LogP contribution >= 0.6 is 15.9 Å². The van der Waals surface area contributed by atoms with Crippen molar-refractivity contribution >= 4 is 39.3 Å². The topological polar surface area (TPSA) is 87.3 Å². The molecule has 7 heteroatoms. The maximum Gasteiger partial charge on any atom is 0.226 e. The summed E-state index contributed by atoms with van der Waals surface area (Å²) in [6, 6.07) is 14.4. The molecule has 3 N–H and O–H groups in total. The van der Waals surface area contributed by atoms with Crippen LogP contribution in [0.25, 0.3) is 0 Å². The number of amides is 3. The van der Waals surface area contributed by atoms with Crippen molar-refractivity contribution in [1.82, 2.24) is 10.6 Å². The maximum atomic E-state index is 12.4. The highest BCUT2D eigenvalue weighted by Crippen LogP contribution is 2.20. The molecule has 0 heterocycles. The maximum absolute atomic E-state index is 12.4. The fraction of sp³-hybridized carbons (Fsp3) is 0.318. The van der Waals surface area contributed by atoms with Crippen molar-refractivity contribution in [2.24, 2.45) is 5.92 Å². The molecular formula is C22H26BrN3O3. The number of benzene rings is 2. The summed E-state index contributed by atoms with van der Waals surface area (Å²) in [6.45, 7) is 5.47. The van der Waals surface area contributed by atoms with Gasteiger partial charge in [0.25, 0.3) is 0 Å². The second-order valence-corrected chi connectivity index (χ2v) is 8.04. The van der Waals surface area contributed by atoms with Crippen molar-refractivity contribution < 1.29 is 14.4 Å². The molecule has 2 aromatic rings. The average molecular weight is 460 g/mol. The summed E-state index contributed by atoms with van der Waals surface area (Å²) in [7, 11) is 0. The number of nitrogens with one attached hydrogen (secondary N) is 3. The molecule has 0 aliphatic rings. The van der Waals surface area contributed by atoms with E-state index in [4.69, 9.17) is 0 Å². The van der Waals surface area contributed by atoms with Crippen LogP contribution in [0.3, 0.4) is 0 Å². The minimum absolute atomic E-state index is 0.0389. The smallest absolute Gasteiger partial charge is 0.226 e. The van der Waals surface area contributed by atoms with Gasteiger partial charge in [-0.2, -0.15) is 0 Å². The number of carbonyl (C=O) groups excluding carboxylic acids is 3. The Morgan fingerprint density at radius 2 is 1.59 bits per heavy atom. The van der Waals surface area contributed by atoms with Gasteiger partial charge in [0.05, 0.1) is 12.5 Å². The molecule has 6 nitrogen and oxygen atoms in total. The van der Waals surface area contributed by atoms with E-state index in [-0.39, 0.29) is 30.1 Å². The summed E-state index contributed by atoms with van der Waals surface area (Å²) < 4.78 is 0.931. The first-order chi connectivity index (χ1) is 13.7. The van der Waals surface area contributed by atoms with Crippen molar-refractivity contribution in [1.29, 1.82) is 0 Å². The molecule has 2 aromatic carbocycles. The second-order valence-electron chi connectivity index (χ2n) is 7.13. The molecule has 2 rings (SSSR count). The van der Waals surface area contributed by atoms with E-state index in [0.717, 1.165) is 21.3 Å². The van der Waals surface area contributed by atoms with Crippen LogP contribution in [0.5, 0.6) is 0 Å². The fourth-order valence-corrected chi connectivity index (χ4v) is 2.91. The van der Waals surface area contributed by atoms with Gasteiger partial charge in [0.2, 0.25) is 17.7 Å². The van der Waals surface area contributed by atoms with Gasteiger partial charge in [-0.3, -0.25) is 14.4 Å². The van der Waals surface area contributed by atoms with E-state index in [1.165, 1.54) is 6.92 Å². The van der Waals surface area contributed by atoms with Gasteiger partial charge in [-0.15, -0.1) is 0 Å². The van der Waals surface area contributed by atoms with Crippen molar-refractivity contribution in [3.8, 4) is 0 Å². The minimum atomic E-state index is -0.394. The summed E-state index contributed by atoms with van der Waals surface area (Å²) in [4.78, 5) is 35.7. The fourth-order valence-electron chi connectivity index (χ4n) is 2.64. The summed E-state index contributed by atoms with van der Waals surface area (Å²) in [5.74, 6) is -0.479. The van der Waals surface area contributed by atoms with E-state index in [2.05, 4.69) is 31.9 Å². The van der Waals surface area contributed by atoms with E-state index in [9.17, 15) is 14.4 Å². The highest BCUT2D eigenvalue weighted by Gasteiger charge is 2.17. The van der Waals surface area contributed by atoms with Crippen LogP contribution in [0.15, 0.2) is 53.0 Å². The van der Waals surface area contributed by atoms with Crippen LogP contribution < -0.4 is 16.0 Å². The molecule has 0 fully saturated rings. The first-order valence-electron chi connectivity index (χ1n) is 9.43. The van der Waals surface area contributed by atoms with Gasteiger partial charge in [0, 0.05) is 29.5 Å². The lowest BCUT2D eigenvalue weighted by Crippen LogP contribution is -2.32. The van der Waals surface area contributed by atoms with E-state index in [1.54, 1.807) is 0 Å². The Morgan fingerprint density at radius 3 is 2.14 bits per heavy atom. The number of hydrogen-bond donors (Lipinski definition) is 3. The van der Waals surface area contributed by atoms with E-state index < -0.39 is 6.04 Å². The molecule has 29 heavy (non-hydrogen) atoms. The van der Waals surface area contributed by atoms with Crippen molar-refractivity contribution in [3.05, 3.63) is 64.1 Å². The normalized spacial score (nSPS) is 11.6. The second kappa shape index (κ2) is 10.8. The molecule has 3 amide bonds. The third-order valence-electron chi connectivity index (χ3n) is 4.27. The van der Waals surface area contributed by atoms with E-state index >= 15 is 0 Å². The summed E-state index contributed by atoms with van der Waals surface area (Å²) >= 11 is 3.38. The number of carbonyl (C=O) groups is 3. The molecule has 0 aromatic heterocycles. The van der Waals surface area contributed by atoms with Gasteiger partial charge >= 0.3 is 0 Å². The lowest BCUT2D eigenvalue weighted by molar-refractivity contribution is -0.123. The molecule has 0 spiro atoms. The first kappa shape index (κ1) is 22.6. The number of anilines is 1. The standard InChI is InChI=1S/C22H26BrN3O3/c1-14(2)22(29)26-19-10-4-16(5-11-19)13-24-21(28)12-20(25-15(3)27)17-6-8-18(23)9-7-17/h4-11,14,20H,12-13H2,1-3H3,(H,24,28)(H,25,27)(H,26,29). The molecule has 154 valence electrons. The van der Waals surface area contributed by atoms with Crippen LogP contribution in [0.1, 0.15) is 44.4 Å². The molecule has 0 aliphatic carbocycles. The summed E-state index contributed by atoms with van der Waals surface area (Å²) in [6.07, 6.45) is 0.143. The Bertz CT molecular complexity index is 849. The van der Waals surface area contributed by atoms with E-state index in [0.29, 0.717) is 6.54 Å². The van der Waals surface area contributed by atoms with Crippen LogP contribution in [0, 0.1) is 5.92 Å². The van der Waals surface area contributed by atoms with Gasteiger partial charge < -0.3 is 16.0 Å². The number of halogens is 1.